The topological polar surface area (TPSA) is 24.5 Å². The predicted molar refractivity (Wildman–Crippen MR) is 66.7 cm³/mol. The maximum absolute atomic E-state index is 5.47. The Morgan fingerprint density at radius 3 is 2.56 bits per heavy atom. The number of rotatable bonds is 3. The number of nitrogens with one attached hydrogen (secondary N) is 1. The number of methoxy groups -OCH3 is 1. The molecule has 16 heavy (non-hydrogen) atoms. The van der Waals surface area contributed by atoms with Gasteiger partial charge in [-0.2, -0.15) is 0 Å². The minimum Gasteiger partial charge on any atom is -0.381 e. The number of hydrogen-bond acceptors (Lipinski definition) is 3. The summed E-state index contributed by atoms with van der Waals surface area (Å²) in [6.45, 7) is 3.64. The summed E-state index contributed by atoms with van der Waals surface area (Å²) in [6, 6.07) is 2.23. The van der Waals surface area contributed by atoms with Crippen molar-refractivity contribution < 1.29 is 4.74 Å². The summed E-state index contributed by atoms with van der Waals surface area (Å²) < 4.78 is 5.47. The summed E-state index contributed by atoms with van der Waals surface area (Å²) in [7, 11) is 3.94. The van der Waals surface area contributed by atoms with Gasteiger partial charge in [-0.15, -0.1) is 0 Å². The molecule has 0 bridgehead atoms. The van der Waals surface area contributed by atoms with Crippen LogP contribution in [-0.4, -0.2) is 49.8 Å². The Labute approximate surface area is 99.5 Å². The van der Waals surface area contributed by atoms with Gasteiger partial charge < -0.3 is 10.1 Å². The van der Waals surface area contributed by atoms with Crippen molar-refractivity contribution in [2.24, 2.45) is 0 Å². The van der Waals surface area contributed by atoms with E-state index < -0.39 is 0 Å². The summed E-state index contributed by atoms with van der Waals surface area (Å²) in [4.78, 5) is 2.72. The summed E-state index contributed by atoms with van der Waals surface area (Å²) >= 11 is 0. The molecule has 0 spiro atoms. The summed E-state index contributed by atoms with van der Waals surface area (Å²) in [6.07, 6.45) is 6.93. The predicted octanol–water partition coefficient (Wildman–Crippen LogP) is 1.63. The lowest BCUT2D eigenvalue weighted by Crippen LogP contribution is -2.50. The molecule has 0 amide bonds. The van der Waals surface area contributed by atoms with Crippen LogP contribution < -0.4 is 5.32 Å². The minimum absolute atomic E-state index is 0.513. The maximum atomic E-state index is 5.47. The average molecular weight is 226 g/mol. The highest BCUT2D eigenvalue weighted by molar-refractivity contribution is 4.90. The molecule has 2 rings (SSSR count). The van der Waals surface area contributed by atoms with Gasteiger partial charge in [0.2, 0.25) is 0 Å². The lowest BCUT2D eigenvalue weighted by atomic mass is 9.96. The Morgan fingerprint density at radius 1 is 1.19 bits per heavy atom. The quantitative estimate of drug-likeness (QED) is 0.791. The normalized spacial score (nSPS) is 41.4. The Kier molecular flexibility index (Phi) is 4.22. The standard InChI is InChI=1S/C13H26N2O/c1-10-8-11(14-2)6-7-15(10)12-4-5-13(9-12)16-3/h10-14H,4-9H2,1-3H3. The Hall–Kier alpha value is -0.120. The van der Waals surface area contributed by atoms with Crippen LogP contribution in [0.15, 0.2) is 0 Å². The Balaban J connectivity index is 1.86. The van der Waals surface area contributed by atoms with E-state index in [4.69, 9.17) is 4.74 Å². The molecular weight excluding hydrogens is 200 g/mol. The third-order valence-corrected chi connectivity index (χ3v) is 4.49. The molecule has 1 aliphatic carbocycles. The van der Waals surface area contributed by atoms with E-state index in [2.05, 4.69) is 24.2 Å². The summed E-state index contributed by atoms with van der Waals surface area (Å²) in [5.74, 6) is 0. The van der Waals surface area contributed by atoms with Crippen molar-refractivity contribution in [3.63, 3.8) is 0 Å². The van der Waals surface area contributed by atoms with Crippen LogP contribution in [0.4, 0.5) is 0 Å². The molecule has 3 heteroatoms. The third-order valence-electron chi connectivity index (χ3n) is 4.49. The Bertz CT molecular complexity index is 222. The van der Waals surface area contributed by atoms with Crippen molar-refractivity contribution >= 4 is 0 Å². The smallest absolute Gasteiger partial charge is 0.0586 e. The highest BCUT2D eigenvalue weighted by atomic mass is 16.5. The van der Waals surface area contributed by atoms with E-state index in [0.717, 1.165) is 18.1 Å². The fourth-order valence-corrected chi connectivity index (χ4v) is 3.43. The van der Waals surface area contributed by atoms with E-state index in [9.17, 15) is 0 Å². The highest BCUT2D eigenvalue weighted by Gasteiger charge is 2.34. The van der Waals surface area contributed by atoms with E-state index in [1.165, 1.54) is 38.6 Å². The van der Waals surface area contributed by atoms with Crippen molar-refractivity contribution in [3.8, 4) is 0 Å². The van der Waals surface area contributed by atoms with Gasteiger partial charge in [0.15, 0.2) is 0 Å². The van der Waals surface area contributed by atoms with Gasteiger partial charge in [0.05, 0.1) is 6.10 Å². The van der Waals surface area contributed by atoms with Gasteiger partial charge in [-0.25, -0.2) is 0 Å². The van der Waals surface area contributed by atoms with Crippen LogP contribution in [0.5, 0.6) is 0 Å². The maximum Gasteiger partial charge on any atom is 0.0586 e. The first-order valence-electron chi connectivity index (χ1n) is 6.70. The third kappa shape index (κ3) is 2.58. The monoisotopic (exact) mass is 226 g/mol. The number of ether oxygens (including phenoxy) is 1. The second kappa shape index (κ2) is 5.48. The van der Waals surface area contributed by atoms with Gasteiger partial charge in [-0.1, -0.05) is 0 Å². The van der Waals surface area contributed by atoms with E-state index >= 15 is 0 Å². The average Bonchev–Trinajstić information content (AvgIpc) is 2.77. The van der Waals surface area contributed by atoms with E-state index in [0.29, 0.717) is 6.10 Å². The highest BCUT2D eigenvalue weighted by Crippen LogP contribution is 2.30. The molecule has 4 atom stereocenters. The molecule has 1 N–H and O–H groups in total. The zero-order valence-electron chi connectivity index (χ0n) is 10.9. The number of piperidine rings is 1. The molecule has 1 saturated carbocycles. The molecule has 4 unspecified atom stereocenters. The van der Waals surface area contributed by atoms with E-state index in [1.54, 1.807) is 0 Å². The summed E-state index contributed by atoms with van der Waals surface area (Å²) in [5, 5.41) is 3.41. The van der Waals surface area contributed by atoms with E-state index in [-0.39, 0.29) is 0 Å². The number of hydrogen-bond donors (Lipinski definition) is 1. The van der Waals surface area contributed by atoms with E-state index in [1.807, 2.05) is 7.11 Å². The van der Waals surface area contributed by atoms with Crippen molar-refractivity contribution in [1.29, 1.82) is 0 Å². The van der Waals surface area contributed by atoms with Crippen LogP contribution in [0.3, 0.4) is 0 Å². The molecule has 1 saturated heterocycles. The molecule has 1 heterocycles. The van der Waals surface area contributed by atoms with Crippen LogP contribution in [-0.2, 0) is 4.74 Å². The van der Waals surface area contributed by atoms with Crippen molar-refractivity contribution in [2.45, 2.75) is 63.3 Å². The van der Waals surface area contributed by atoms with Crippen LogP contribution in [0.1, 0.15) is 39.0 Å². The van der Waals surface area contributed by atoms with Crippen LogP contribution >= 0.6 is 0 Å². The zero-order chi connectivity index (χ0) is 11.5. The largest absolute Gasteiger partial charge is 0.381 e. The Morgan fingerprint density at radius 2 is 2.00 bits per heavy atom. The lowest BCUT2D eigenvalue weighted by Gasteiger charge is -2.41. The molecule has 0 aromatic heterocycles. The molecular formula is C13H26N2O. The van der Waals surface area contributed by atoms with Crippen molar-refractivity contribution in [3.05, 3.63) is 0 Å². The SMILES string of the molecule is CNC1CCN(C2CCC(OC)C2)C(C)C1. The first-order valence-corrected chi connectivity index (χ1v) is 6.70. The minimum atomic E-state index is 0.513. The molecule has 0 aromatic rings. The molecule has 3 nitrogen and oxygen atoms in total. The van der Waals surface area contributed by atoms with Crippen LogP contribution in [0.2, 0.25) is 0 Å². The fraction of sp³-hybridized carbons (Fsp3) is 1.00. The lowest BCUT2D eigenvalue weighted by molar-refractivity contribution is 0.0681. The van der Waals surface area contributed by atoms with Crippen molar-refractivity contribution in [1.82, 2.24) is 10.2 Å². The van der Waals surface area contributed by atoms with Gasteiger partial charge in [-0.3, -0.25) is 4.90 Å². The second-order valence-electron chi connectivity index (χ2n) is 5.42. The van der Waals surface area contributed by atoms with Crippen LogP contribution in [0, 0.1) is 0 Å². The van der Waals surface area contributed by atoms with Crippen LogP contribution in [0.25, 0.3) is 0 Å². The molecule has 2 aliphatic rings. The van der Waals surface area contributed by atoms with Gasteiger partial charge in [0.1, 0.15) is 0 Å². The van der Waals surface area contributed by atoms with Gasteiger partial charge >= 0.3 is 0 Å². The fourth-order valence-electron chi connectivity index (χ4n) is 3.43. The zero-order valence-corrected chi connectivity index (χ0v) is 10.9. The second-order valence-corrected chi connectivity index (χ2v) is 5.42. The first kappa shape index (κ1) is 12.3. The summed E-state index contributed by atoms with van der Waals surface area (Å²) in [5.41, 5.74) is 0. The molecule has 1 aliphatic heterocycles. The first-order chi connectivity index (χ1) is 7.74. The molecule has 0 aromatic carbocycles. The van der Waals surface area contributed by atoms with Gasteiger partial charge in [0, 0.05) is 31.8 Å². The molecule has 94 valence electrons. The number of nitrogens with zero attached hydrogens (tertiary/aromatic N) is 1. The molecule has 0 radical (unpaired) electrons. The molecule has 2 fully saturated rings. The van der Waals surface area contributed by atoms with Crippen molar-refractivity contribution in [2.75, 3.05) is 20.7 Å². The van der Waals surface area contributed by atoms with Gasteiger partial charge in [0.25, 0.3) is 0 Å². The number of likely N-dealkylation sites (tertiary alicyclic amines) is 1. The van der Waals surface area contributed by atoms with Gasteiger partial charge in [-0.05, 0) is 46.1 Å².